The zero-order chi connectivity index (χ0) is 62.8. The van der Waals surface area contributed by atoms with E-state index in [4.69, 9.17) is 4.74 Å². The van der Waals surface area contributed by atoms with E-state index >= 15 is 0 Å². The van der Waals surface area contributed by atoms with Crippen LogP contribution in [-0.2, 0) is 14.3 Å². The third kappa shape index (κ3) is 73.3. The highest BCUT2D eigenvalue weighted by atomic mass is 16.5. The molecule has 0 saturated carbocycles. The fraction of sp³-hybridized carbons (Fsp3) is 0.926. The maximum absolute atomic E-state index is 12.6. The lowest BCUT2D eigenvalue weighted by Crippen LogP contribution is -2.45. The molecule has 0 fully saturated rings. The molecule has 2 unspecified atom stereocenters. The zero-order valence-electron chi connectivity index (χ0n) is 59.3. The van der Waals surface area contributed by atoms with Gasteiger partial charge in [0.2, 0.25) is 5.91 Å². The maximum Gasteiger partial charge on any atom is 0.305 e. The Labute approximate surface area is 545 Å². The van der Waals surface area contributed by atoms with E-state index < -0.39 is 12.1 Å². The molecule has 0 aliphatic heterocycles. The Bertz CT molecular complexity index is 1360. The Morgan fingerprint density at radius 1 is 0.310 bits per heavy atom. The predicted molar refractivity (Wildman–Crippen MR) is 384 cm³/mol. The largest absolute Gasteiger partial charge is 0.466 e. The molecule has 0 heterocycles. The van der Waals surface area contributed by atoms with Crippen molar-refractivity contribution in [3.63, 3.8) is 0 Å². The topological polar surface area (TPSA) is 95.9 Å². The van der Waals surface area contributed by atoms with Crippen molar-refractivity contribution in [2.24, 2.45) is 0 Å². The highest BCUT2D eigenvalue weighted by molar-refractivity contribution is 5.76. The van der Waals surface area contributed by atoms with Crippen LogP contribution in [0.4, 0.5) is 0 Å². The van der Waals surface area contributed by atoms with Crippen molar-refractivity contribution in [2.75, 3.05) is 13.2 Å². The van der Waals surface area contributed by atoms with E-state index in [1.54, 1.807) is 0 Å². The quantitative estimate of drug-likeness (QED) is 0.0320. The van der Waals surface area contributed by atoms with E-state index in [2.05, 4.69) is 43.5 Å². The van der Waals surface area contributed by atoms with Gasteiger partial charge in [-0.1, -0.05) is 391 Å². The number of nitrogens with one attached hydrogen (secondary N) is 1. The van der Waals surface area contributed by atoms with Gasteiger partial charge in [0.1, 0.15) is 0 Å². The number of hydrogen-bond donors (Lipinski definition) is 3. The van der Waals surface area contributed by atoms with Crippen molar-refractivity contribution in [1.82, 2.24) is 5.32 Å². The van der Waals surface area contributed by atoms with E-state index in [0.29, 0.717) is 25.9 Å². The number of ether oxygens (including phenoxy) is 1. The van der Waals surface area contributed by atoms with Gasteiger partial charge >= 0.3 is 5.97 Å². The first kappa shape index (κ1) is 85.3. The van der Waals surface area contributed by atoms with Gasteiger partial charge < -0.3 is 20.3 Å². The normalized spacial score (nSPS) is 12.6. The SMILES string of the molecule is CCCCCC/C=C\CCCCCCCC(=O)OCCCCCCCCCCCCCC/C=C\CCCCCCCCCCCCCCCCCCCC(=O)NC(CO)C(O)CCCCCCCCCCCCCCCCCCCCCCCCCC. The minimum Gasteiger partial charge on any atom is -0.466 e. The van der Waals surface area contributed by atoms with Crippen molar-refractivity contribution in [1.29, 1.82) is 0 Å². The Hall–Kier alpha value is -1.66. The van der Waals surface area contributed by atoms with Gasteiger partial charge in [-0.25, -0.2) is 0 Å². The highest BCUT2D eigenvalue weighted by Gasteiger charge is 2.20. The van der Waals surface area contributed by atoms with E-state index in [1.807, 2.05) is 0 Å². The van der Waals surface area contributed by atoms with Crippen LogP contribution < -0.4 is 5.32 Å². The van der Waals surface area contributed by atoms with E-state index in [1.165, 1.54) is 379 Å². The molecular formula is C81H157NO5. The molecule has 6 heteroatoms. The molecule has 0 radical (unpaired) electrons. The number of aliphatic hydroxyl groups excluding tert-OH is 2. The second kappa shape index (κ2) is 76.8. The second-order valence-corrected chi connectivity index (χ2v) is 27.7. The summed E-state index contributed by atoms with van der Waals surface area (Å²) in [5.41, 5.74) is 0. The Kier molecular flexibility index (Phi) is 75.3. The molecule has 0 rings (SSSR count). The van der Waals surface area contributed by atoms with Crippen molar-refractivity contribution >= 4 is 11.9 Å². The van der Waals surface area contributed by atoms with Crippen LogP contribution in [0, 0.1) is 0 Å². The average molecular weight is 1230 g/mol. The summed E-state index contributed by atoms with van der Waals surface area (Å²) < 4.78 is 5.49. The number of esters is 1. The lowest BCUT2D eigenvalue weighted by atomic mass is 10.0. The molecule has 2 atom stereocenters. The highest BCUT2D eigenvalue weighted by Crippen LogP contribution is 2.20. The van der Waals surface area contributed by atoms with Crippen LogP contribution in [0.1, 0.15) is 457 Å². The lowest BCUT2D eigenvalue weighted by molar-refractivity contribution is -0.143. The summed E-state index contributed by atoms with van der Waals surface area (Å²) in [6, 6.07) is -0.540. The van der Waals surface area contributed by atoms with Crippen molar-refractivity contribution in [3.05, 3.63) is 24.3 Å². The standard InChI is InChI=1S/C81H157NO5/c1-3-5-7-9-11-13-15-17-18-19-20-21-22-34-37-40-43-46-50-53-57-61-65-69-73-79(84)78(77-83)82-80(85)74-70-66-62-58-54-51-47-44-41-38-35-32-30-28-26-24-23-25-27-29-31-33-36-39-42-45-48-52-56-60-64-68-72-76-87-81(86)75-71-67-63-59-55-49-16-14-12-10-8-6-4-2/h14,16,27,29,78-79,83-84H,3-13,15,17-26,28,30-77H2,1-2H3,(H,82,85)/b16-14-,29-27-. The molecule has 0 aliphatic carbocycles. The van der Waals surface area contributed by atoms with Crippen molar-refractivity contribution in [2.45, 2.75) is 469 Å². The zero-order valence-corrected chi connectivity index (χ0v) is 59.3. The Morgan fingerprint density at radius 3 is 0.828 bits per heavy atom. The van der Waals surface area contributed by atoms with Gasteiger partial charge in [0.25, 0.3) is 0 Å². The first-order chi connectivity index (χ1) is 43.0. The Balaban J connectivity index is 3.35. The summed E-state index contributed by atoms with van der Waals surface area (Å²) in [4.78, 5) is 24.6. The lowest BCUT2D eigenvalue weighted by Gasteiger charge is -2.22. The summed E-state index contributed by atoms with van der Waals surface area (Å²) >= 11 is 0. The first-order valence-corrected chi connectivity index (χ1v) is 40.1. The third-order valence-corrected chi connectivity index (χ3v) is 19.0. The Morgan fingerprint density at radius 2 is 0.540 bits per heavy atom. The number of allylic oxidation sites excluding steroid dienone is 4. The maximum atomic E-state index is 12.6. The van der Waals surface area contributed by atoms with E-state index in [-0.39, 0.29) is 18.5 Å². The van der Waals surface area contributed by atoms with Gasteiger partial charge in [-0.15, -0.1) is 0 Å². The van der Waals surface area contributed by atoms with Crippen LogP contribution in [0.15, 0.2) is 24.3 Å². The minimum atomic E-state index is -0.663. The van der Waals surface area contributed by atoms with Crippen LogP contribution in [0.2, 0.25) is 0 Å². The molecule has 1 amide bonds. The van der Waals surface area contributed by atoms with E-state index in [9.17, 15) is 19.8 Å². The number of aliphatic hydroxyl groups is 2. The molecule has 87 heavy (non-hydrogen) atoms. The number of amides is 1. The molecule has 0 aromatic rings. The molecule has 0 aromatic carbocycles. The molecule has 0 saturated heterocycles. The van der Waals surface area contributed by atoms with Gasteiger partial charge in [-0.05, 0) is 77.0 Å². The number of rotatable bonds is 76. The third-order valence-electron chi connectivity index (χ3n) is 19.0. The second-order valence-electron chi connectivity index (χ2n) is 27.7. The fourth-order valence-corrected chi connectivity index (χ4v) is 12.9. The van der Waals surface area contributed by atoms with Crippen LogP contribution in [0.25, 0.3) is 0 Å². The smallest absolute Gasteiger partial charge is 0.305 e. The molecule has 3 N–H and O–H groups in total. The van der Waals surface area contributed by atoms with Gasteiger partial charge in [-0.3, -0.25) is 9.59 Å². The molecule has 516 valence electrons. The minimum absolute atomic E-state index is 0.0103. The van der Waals surface area contributed by atoms with Crippen LogP contribution >= 0.6 is 0 Å². The van der Waals surface area contributed by atoms with E-state index in [0.717, 1.165) is 44.9 Å². The molecule has 0 aliphatic rings. The van der Waals surface area contributed by atoms with Crippen LogP contribution in [-0.4, -0.2) is 47.4 Å². The van der Waals surface area contributed by atoms with Crippen molar-refractivity contribution < 1.29 is 24.5 Å². The molecule has 0 bridgehead atoms. The van der Waals surface area contributed by atoms with Gasteiger partial charge in [0.05, 0.1) is 25.4 Å². The number of hydrogen-bond acceptors (Lipinski definition) is 5. The van der Waals surface area contributed by atoms with Crippen LogP contribution in [0.3, 0.4) is 0 Å². The van der Waals surface area contributed by atoms with Gasteiger partial charge in [0, 0.05) is 12.8 Å². The molecular weight excluding hydrogens is 1070 g/mol. The number of carbonyl (C=O) groups is 2. The molecule has 0 aromatic heterocycles. The van der Waals surface area contributed by atoms with Crippen molar-refractivity contribution in [3.8, 4) is 0 Å². The summed E-state index contributed by atoms with van der Waals surface area (Å²) in [7, 11) is 0. The van der Waals surface area contributed by atoms with Gasteiger partial charge in [0.15, 0.2) is 0 Å². The van der Waals surface area contributed by atoms with Gasteiger partial charge in [-0.2, -0.15) is 0 Å². The summed E-state index contributed by atoms with van der Waals surface area (Å²) in [5.74, 6) is -0.0157. The number of carbonyl (C=O) groups excluding carboxylic acids is 2. The summed E-state index contributed by atoms with van der Waals surface area (Å²) in [5, 5.41) is 23.5. The van der Waals surface area contributed by atoms with Crippen LogP contribution in [0.5, 0.6) is 0 Å². The molecule has 6 nitrogen and oxygen atoms in total. The monoisotopic (exact) mass is 1220 g/mol. The fourth-order valence-electron chi connectivity index (χ4n) is 12.9. The number of unbranched alkanes of at least 4 members (excludes halogenated alkanes) is 61. The molecule has 0 spiro atoms. The average Bonchev–Trinajstić information content (AvgIpc) is 3.54. The first-order valence-electron chi connectivity index (χ1n) is 40.1. The summed E-state index contributed by atoms with van der Waals surface area (Å²) in [6.07, 6.45) is 98.5. The summed E-state index contributed by atoms with van der Waals surface area (Å²) in [6.45, 7) is 4.99. The predicted octanol–water partition coefficient (Wildman–Crippen LogP) is 26.4.